The van der Waals surface area contributed by atoms with Gasteiger partial charge in [-0.2, -0.15) is 0 Å². The van der Waals surface area contributed by atoms with Gasteiger partial charge in [-0.15, -0.1) is 0 Å². The summed E-state index contributed by atoms with van der Waals surface area (Å²) in [7, 11) is 0. The van der Waals surface area contributed by atoms with Crippen molar-refractivity contribution in [2.75, 3.05) is 19.7 Å². The van der Waals surface area contributed by atoms with Crippen molar-refractivity contribution in [1.29, 1.82) is 0 Å². The second kappa shape index (κ2) is 9.78. The molecule has 0 bridgehead atoms. The number of carbonyl (C=O) groups is 2. The van der Waals surface area contributed by atoms with Crippen molar-refractivity contribution in [1.82, 2.24) is 4.90 Å². The van der Waals surface area contributed by atoms with E-state index in [4.69, 9.17) is 9.84 Å². The summed E-state index contributed by atoms with van der Waals surface area (Å²) in [5, 5.41) is 8.92. The SMILES string of the molecule is CCCC(=O)N(CCCOC(C)C)CC(C)C(=O)O. The first kappa shape index (κ1) is 17.9. The Kier molecular flexibility index (Phi) is 9.21. The van der Waals surface area contributed by atoms with E-state index in [2.05, 4.69) is 0 Å². The molecule has 0 radical (unpaired) electrons. The van der Waals surface area contributed by atoms with Crippen LogP contribution in [0.15, 0.2) is 0 Å². The fraction of sp³-hybridized carbons (Fsp3) is 0.857. The fourth-order valence-corrected chi connectivity index (χ4v) is 1.67. The molecule has 0 aliphatic carbocycles. The molecule has 0 heterocycles. The molecule has 1 amide bonds. The Balaban J connectivity index is 4.25. The largest absolute Gasteiger partial charge is 0.481 e. The maximum atomic E-state index is 11.9. The molecule has 0 aliphatic heterocycles. The average molecular weight is 273 g/mol. The lowest BCUT2D eigenvalue weighted by Gasteiger charge is -2.24. The molecule has 0 aromatic rings. The van der Waals surface area contributed by atoms with Crippen molar-refractivity contribution in [3.63, 3.8) is 0 Å². The van der Waals surface area contributed by atoms with E-state index in [0.717, 1.165) is 12.8 Å². The highest BCUT2D eigenvalue weighted by Crippen LogP contribution is 2.06. The number of aliphatic carboxylic acids is 1. The first-order valence-corrected chi connectivity index (χ1v) is 7.00. The van der Waals surface area contributed by atoms with Crippen molar-refractivity contribution in [3.8, 4) is 0 Å². The zero-order valence-electron chi connectivity index (χ0n) is 12.5. The van der Waals surface area contributed by atoms with Gasteiger partial charge >= 0.3 is 5.97 Å². The van der Waals surface area contributed by atoms with Crippen LogP contribution in [0, 0.1) is 5.92 Å². The van der Waals surface area contributed by atoms with Crippen LogP contribution in [-0.2, 0) is 14.3 Å². The van der Waals surface area contributed by atoms with Gasteiger partial charge in [0.15, 0.2) is 0 Å². The number of hydrogen-bond acceptors (Lipinski definition) is 3. The molecule has 5 heteroatoms. The van der Waals surface area contributed by atoms with E-state index >= 15 is 0 Å². The normalized spacial score (nSPS) is 12.5. The number of amides is 1. The van der Waals surface area contributed by atoms with Crippen LogP contribution in [0.1, 0.15) is 47.0 Å². The molecule has 19 heavy (non-hydrogen) atoms. The summed E-state index contributed by atoms with van der Waals surface area (Å²) in [6.07, 6.45) is 2.16. The van der Waals surface area contributed by atoms with Crippen LogP contribution in [-0.4, -0.2) is 47.7 Å². The number of rotatable bonds is 10. The summed E-state index contributed by atoms with van der Waals surface area (Å²) in [6, 6.07) is 0. The lowest BCUT2D eigenvalue weighted by molar-refractivity contribution is -0.143. The molecular formula is C14H27NO4. The summed E-state index contributed by atoms with van der Waals surface area (Å²) in [4.78, 5) is 24.4. The second-order valence-electron chi connectivity index (χ2n) is 5.10. The van der Waals surface area contributed by atoms with Crippen LogP contribution in [0.3, 0.4) is 0 Å². The highest BCUT2D eigenvalue weighted by Gasteiger charge is 2.19. The van der Waals surface area contributed by atoms with Gasteiger partial charge in [-0.3, -0.25) is 9.59 Å². The third-order valence-electron chi connectivity index (χ3n) is 2.76. The standard InChI is InChI=1S/C14H27NO4/c1-5-7-13(16)15(10-12(4)14(17)18)8-6-9-19-11(2)3/h11-12H,5-10H2,1-4H3,(H,17,18). The van der Waals surface area contributed by atoms with Crippen molar-refractivity contribution >= 4 is 11.9 Å². The Morgan fingerprint density at radius 2 is 1.89 bits per heavy atom. The third kappa shape index (κ3) is 8.59. The topological polar surface area (TPSA) is 66.8 Å². The van der Waals surface area contributed by atoms with Crippen molar-refractivity contribution in [2.24, 2.45) is 5.92 Å². The number of carbonyl (C=O) groups excluding carboxylic acids is 1. The number of ether oxygens (including phenoxy) is 1. The zero-order valence-corrected chi connectivity index (χ0v) is 12.5. The molecule has 112 valence electrons. The van der Waals surface area contributed by atoms with Gasteiger partial charge in [-0.05, 0) is 26.7 Å². The molecular weight excluding hydrogens is 246 g/mol. The van der Waals surface area contributed by atoms with E-state index in [1.165, 1.54) is 0 Å². The minimum Gasteiger partial charge on any atom is -0.481 e. The lowest BCUT2D eigenvalue weighted by atomic mass is 10.1. The molecule has 0 aliphatic rings. The molecule has 1 unspecified atom stereocenters. The summed E-state index contributed by atoms with van der Waals surface area (Å²) in [6.45, 7) is 8.92. The van der Waals surface area contributed by atoms with E-state index in [1.54, 1.807) is 11.8 Å². The Bertz CT molecular complexity index is 279. The van der Waals surface area contributed by atoms with Gasteiger partial charge in [0.05, 0.1) is 12.0 Å². The van der Waals surface area contributed by atoms with Gasteiger partial charge < -0.3 is 14.7 Å². The Morgan fingerprint density at radius 1 is 1.26 bits per heavy atom. The van der Waals surface area contributed by atoms with Gasteiger partial charge in [-0.1, -0.05) is 13.8 Å². The maximum Gasteiger partial charge on any atom is 0.308 e. The van der Waals surface area contributed by atoms with Gasteiger partial charge in [0, 0.05) is 26.1 Å². The van der Waals surface area contributed by atoms with E-state index < -0.39 is 11.9 Å². The number of nitrogens with zero attached hydrogens (tertiary/aromatic N) is 1. The minimum atomic E-state index is -0.868. The quantitative estimate of drug-likeness (QED) is 0.619. The van der Waals surface area contributed by atoms with Crippen molar-refractivity contribution in [2.45, 2.75) is 53.1 Å². The molecule has 0 aromatic heterocycles. The average Bonchev–Trinajstić information content (AvgIpc) is 2.32. The first-order chi connectivity index (χ1) is 8.88. The second-order valence-corrected chi connectivity index (χ2v) is 5.10. The lowest BCUT2D eigenvalue weighted by Crippen LogP contribution is -2.37. The fourth-order valence-electron chi connectivity index (χ4n) is 1.67. The van der Waals surface area contributed by atoms with Crippen molar-refractivity contribution < 1.29 is 19.4 Å². The van der Waals surface area contributed by atoms with Gasteiger partial charge in [-0.25, -0.2) is 0 Å². The smallest absolute Gasteiger partial charge is 0.308 e. The molecule has 0 fully saturated rings. The van der Waals surface area contributed by atoms with Crippen LogP contribution in [0.4, 0.5) is 0 Å². The summed E-state index contributed by atoms with van der Waals surface area (Å²) >= 11 is 0. The van der Waals surface area contributed by atoms with Gasteiger partial charge in [0.1, 0.15) is 0 Å². The van der Waals surface area contributed by atoms with Crippen LogP contribution < -0.4 is 0 Å². The van der Waals surface area contributed by atoms with Crippen LogP contribution in [0.5, 0.6) is 0 Å². The monoisotopic (exact) mass is 273 g/mol. The maximum absolute atomic E-state index is 11.9. The summed E-state index contributed by atoms with van der Waals surface area (Å²) in [5.41, 5.74) is 0. The van der Waals surface area contributed by atoms with Crippen LogP contribution >= 0.6 is 0 Å². The number of carboxylic acids is 1. The zero-order chi connectivity index (χ0) is 14.8. The van der Waals surface area contributed by atoms with Crippen molar-refractivity contribution in [3.05, 3.63) is 0 Å². The number of carboxylic acid groups (broad SMARTS) is 1. The Hall–Kier alpha value is -1.10. The Labute approximate surface area is 115 Å². The molecule has 0 spiro atoms. The van der Waals surface area contributed by atoms with E-state index in [0.29, 0.717) is 19.6 Å². The predicted octanol–water partition coefficient (Wildman–Crippen LogP) is 2.15. The first-order valence-electron chi connectivity index (χ1n) is 7.00. The van der Waals surface area contributed by atoms with E-state index in [-0.39, 0.29) is 18.6 Å². The highest BCUT2D eigenvalue weighted by atomic mass is 16.5. The van der Waals surface area contributed by atoms with Gasteiger partial charge in [0.25, 0.3) is 0 Å². The molecule has 0 rings (SSSR count). The summed E-state index contributed by atoms with van der Waals surface area (Å²) < 4.78 is 5.43. The number of hydrogen-bond donors (Lipinski definition) is 1. The highest BCUT2D eigenvalue weighted by molar-refractivity contribution is 5.77. The van der Waals surface area contributed by atoms with E-state index in [9.17, 15) is 9.59 Å². The molecule has 0 aromatic carbocycles. The minimum absolute atomic E-state index is 0.0279. The van der Waals surface area contributed by atoms with Crippen LogP contribution in [0.2, 0.25) is 0 Å². The molecule has 1 atom stereocenters. The summed E-state index contributed by atoms with van der Waals surface area (Å²) in [5.74, 6) is -1.38. The predicted molar refractivity (Wildman–Crippen MR) is 74.0 cm³/mol. The molecule has 0 saturated carbocycles. The molecule has 1 N–H and O–H groups in total. The Morgan fingerprint density at radius 3 is 2.37 bits per heavy atom. The van der Waals surface area contributed by atoms with E-state index in [1.807, 2.05) is 20.8 Å². The molecule has 0 saturated heterocycles. The van der Waals surface area contributed by atoms with Gasteiger partial charge in [0.2, 0.25) is 5.91 Å². The third-order valence-corrected chi connectivity index (χ3v) is 2.76. The molecule has 5 nitrogen and oxygen atoms in total. The van der Waals surface area contributed by atoms with Crippen LogP contribution in [0.25, 0.3) is 0 Å².